The summed E-state index contributed by atoms with van der Waals surface area (Å²) in [5, 5.41) is 5.28. The van der Waals surface area contributed by atoms with Gasteiger partial charge < -0.3 is 5.32 Å². The fourth-order valence-corrected chi connectivity index (χ4v) is 3.91. The van der Waals surface area contributed by atoms with Crippen molar-refractivity contribution < 1.29 is 4.79 Å². The van der Waals surface area contributed by atoms with Crippen molar-refractivity contribution in [2.75, 3.05) is 5.32 Å². The molecule has 120 valence electrons. The molecule has 2 heterocycles. The minimum absolute atomic E-state index is 0.136. The highest BCUT2D eigenvalue weighted by atomic mass is 32.1. The summed E-state index contributed by atoms with van der Waals surface area (Å²) < 4.78 is 0. The van der Waals surface area contributed by atoms with Gasteiger partial charge in [-0.15, -0.1) is 11.3 Å². The maximum absolute atomic E-state index is 12.4. The SMILES string of the molecule is Cc1cccc(Nc2ncc3c(n2)CC(c2cccs2)CC3=O)c1. The molecule has 1 aliphatic rings. The topological polar surface area (TPSA) is 54.9 Å². The van der Waals surface area contributed by atoms with Gasteiger partial charge in [0.05, 0.1) is 11.3 Å². The van der Waals surface area contributed by atoms with Crippen LogP contribution in [0, 0.1) is 6.92 Å². The molecule has 1 aliphatic carbocycles. The molecule has 24 heavy (non-hydrogen) atoms. The Labute approximate surface area is 144 Å². The Morgan fingerprint density at radius 2 is 2.12 bits per heavy atom. The van der Waals surface area contributed by atoms with Gasteiger partial charge in [0, 0.05) is 29.1 Å². The van der Waals surface area contributed by atoms with Gasteiger partial charge in [-0.2, -0.15) is 0 Å². The fourth-order valence-electron chi connectivity index (χ4n) is 3.08. The molecule has 1 unspecified atom stereocenters. The highest BCUT2D eigenvalue weighted by molar-refractivity contribution is 7.10. The van der Waals surface area contributed by atoms with Gasteiger partial charge in [-0.3, -0.25) is 4.79 Å². The number of anilines is 2. The average molecular weight is 335 g/mol. The lowest BCUT2D eigenvalue weighted by molar-refractivity contribution is 0.0963. The number of Topliss-reactive ketones (excluding diaryl/α,β-unsaturated/α-hetero) is 1. The number of aryl methyl sites for hydroxylation is 1. The van der Waals surface area contributed by atoms with E-state index in [0.29, 0.717) is 17.9 Å². The van der Waals surface area contributed by atoms with Crippen molar-refractivity contribution in [1.82, 2.24) is 9.97 Å². The van der Waals surface area contributed by atoms with Crippen molar-refractivity contribution in [1.29, 1.82) is 0 Å². The van der Waals surface area contributed by atoms with Gasteiger partial charge in [0.2, 0.25) is 5.95 Å². The van der Waals surface area contributed by atoms with Crippen molar-refractivity contribution in [3.63, 3.8) is 0 Å². The average Bonchev–Trinajstić information content (AvgIpc) is 3.09. The predicted molar refractivity (Wildman–Crippen MR) is 96.2 cm³/mol. The van der Waals surface area contributed by atoms with Crippen LogP contribution in [0.2, 0.25) is 0 Å². The zero-order chi connectivity index (χ0) is 16.5. The number of carbonyl (C=O) groups is 1. The largest absolute Gasteiger partial charge is 0.324 e. The van der Waals surface area contributed by atoms with Gasteiger partial charge in [0.25, 0.3) is 0 Å². The summed E-state index contributed by atoms with van der Waals surface area (Å²) in [7, 11) is 0. The summed E-state index contributed by atoms with van der Waals surface area (Å²) in [5.41, 5.74) is 3.63. The lowest BCUT2D eigenvalue weighted by atomic mass is 9.86. The van der Waals surface area contributed by atoms with Gasteiger partial charge in [0.1, 0.15) is 0 Å². The monoisotopic (exact) mass is 335 g/mol. The van der Waals surface area contributed by atoms with Crippen LogP contribution in [-0.2, 0) is 6.42 Å². The number of carbonyl (C=O) groups excluding carboxylic acids is 1. The zero-order valence-corrected chi connectivity index (χ0v) is 14.1. The normalized spacial score (nSPS) is 16.7. The number of hydrogen-bond acceptors (Lipinski definition) is 5. The molecule has 0 radical (unpaired) electrons. The van der Waals surface area contributed by atoms with Crippen LogP contribution in [0.4, 0.5) is 11.6 Å². The molecule has 0 saturated carbocycles. The maximum Gasteiger partial charge on any atom is 0.227 e. The second-order valence-electron chi connectivity index (χ2n) is 6.09. The summed E-state index contributed by atoms with van der Waals surface area (Å²) >= 11 is 1.70. The van der Waals surface area contributed by atoms with Crippen LogP contribution in [0.1, 0.15) is 38.8 Å². The van der Waals surface area contributed by atoms with Crippen LogP contribution in [-0.4, -0.2) is 15.8 Å². The van der Waals surface area contributed by atoms with E-state index in [4.69, 9.17) is 0 Å². The van der Waals surface area contributed by atoms with E-state index in [2.05, 4.69) is 26.7 Å². The molecule has 2 aromatic heterocycles. The number of hydrogen-bond donors (Lipinski definition) is 1. The maximum atomic E-state index is 12.4. The smallest absolute Gasteiger partial charge is 0.227 e. The van der Waals surface area contributed by atoms with E-state index in [1.807, 2.05) is 37.3 Å². The third kappa shape index (κ3) is 2.95. The molecule has 4 rings (SSSR count). The van der Waals surface area contributed by atoms with Crippen molar-refractivity contribution in [3.05, 3.63) is 69.7 Å². The van der Waals surface area contributed by atoms with E-state index < -0.39 is 0 Å². The van der Waals surface area contributed by atoms with Crippen molar-refractivity contribution in [3.8, 4) is 0 Å². The van der Waals surface area contributed by atoms with E-state index in [1.165, 1.54) is 10.4 Å². The molecular formula is C19H17N3OS. The summed E-state index contributed by atoms with van der Waals surface area (Å²) in [6.07, 6.45) is 2.99. The third-order valence-corrected chi connectivity index (χ3v) is 5.29. The first-order valence-electron chi connectivity index (χ1n) is 7.95. The zero-order valence-electron chi connectivity index (χ0n) is 13.3. The lowest BCUT2D eigenvalue weighted by Crippen LogP contribution is -2.20. The molecule has 0 aliphatic heterocycles. The number of ketones is 1. The summed E-state index contributed by atoms with van der Waals surface area (Å²) in [5.74, 6) is 0.905. The standard InChI is InChI=1S/C19H17N3OS/c1-12-4-2-5-14(8-12)21-19-20-11-15-16(22-19)9-13(10-17(15)23)18-6-3-7-24-18/h2-8,11,13H,9-10H2,1H3,(H,20,21,22). The van der Waals surface area contributed by atoms with Crippen molar-refractivity contribution in [2.45, 2.75) is 25.7 Å². The number of rotatable bonds is 3. The molecule has 0 amide bonds. The fraction of sp³-hybridized carbons (Fsp3) is 0.211. The molecule has 0 spiro atoms. The molecule has 0 bridgehead atoms. The van der Waals surface area contributed by atoms with Gasteiger partial charge in [-0.1, -0.05) is 18.2 Å². The van der Waals surface area contributed by atoms with Crippen LogP contribution >= 0.6 is 11.3 Å². The van der Waals surface area contributed by atoms with Crippen LogP contribution < -0.4 is 5.32 Å². The Bertz CT molecular complexity index is 889. The van der Waals surface area contributed by atoms with E-state index >= 15 is 0 Å². The number of thiophene rings is 1. The highest BCUT2D eigenvalue weighted by Crippen LogP contribution is 2.34. The Morgan fingerprint density at radius 1 is 1.21 bits per heavy atom. The highest BCUT2D eigenvalue weighted by Gasteiger charge is 2.28. The summed E-state index contributed by atoms with van der Waals surface area (Å²) in [6, 6.07) is 12.2. The number of aromatic nitrogens is 2. The Balaban J connectivity index is 1.62. The summed E-state index contributed by atoms with van der Waals surface area (Å²) in [6.45, 7) is 2.04. The number of fused-ring (bicyclic) bond motifs is 1. The van der Waals surface area contributed by atoms with Gasteiger partial charge in [0.15, 0.2) is 5.78 Å². The number of nitrogens with zero attached hydrogens (tertiary/aromatic N) is 2. The van der Waals surface area contributed by atoms with Gasteiger partial charge >= 0.3 is 0 Å². The van der Waals surface area contributed by atoms with E-state index in [1.54, 1.807) is 17.5 Å². The second-order valence-corrected chi connectivity index (χ2v) is 7.07. The molecule has 3 aromatic rings. The molecule has 0 fully saturated rings. The molecule has 5 heteroatoms. The first-order valence-corrected chi connectivity index (χ1v) is 8.83. The first-order chi connectivity index (χ1) is 11.7. The minimum Gasteiger partial charge on any atom is -0.324 e. The number of benzene rings is 1. The van der Waals surface area contributed by atoms with Crippen LogP contribution in [0.25, 0.3) is 0 Å². The predicted octanol–water partition coefficient (Wildman–Crippen LogP) is 4.50. The quantitative estimate of drug-likeness (QED) is 0.765. The molecular weight excluding hydrogens is 318 g/mol. The second kappa shape index (κ2) is 6.17. The Hall–Kier alpha value is -2.53. The van der Waals surface area contributed by atoms with E-state index in [0.717, 1.165) is 17.8 Å². The Kier molecular flexibility index (Phi) is 3.86. The molecule has 1 atom stereocenters. The molecule has 0 saturated heterocycles. The first kappa shape index (κ1) is 15.0. The Morgan fingerprint density at radius 3 is 2.92 bits per heavy atom. The molecule has 4 nitrogen and oxygen atoms in total. The molecule has 1 N–H and O–H groups in total. The van der Waals surface area contributed by atoms with Crippen LogP contribution in [0.3, 0.4) is 0 Å². The van der Waals surface area contributed by atoms with E-state index in [-0.39, 0.29) is 11.7 Å². The van der Waals surface area contributed by atoms with E-state index in [9.17, 15) is 4.79 Å². The van der Waals surface area contributed by atoms with Crippen molar-refractivity contribution >= 4 is 28.8 Å². The third-order valence-electron chi connectivity index (χ3n) is 4.26. The van der Waals surface area contributed by atoms with Gasteiger partial charge in [-0.05, 0) is 42.5 Å². The van der Waals surface area contributed by atoms with Gasteiger partial charge in [-0.25, -0.2) is 9.97 Å². The van der Waals surface area contributed by atoms with Crippen LogP contribution in [0.15, 0.2) is 48.0 Å². The lowest BCUT2D eigenvalue weighted by Gasteiger charge is -2.22. The van der Waals surface area contributed by atoms with Crippen molar-refractivity contribution in [2.24, 2.45) is 0 Å². The summed E-state index contributed by atoms with van der Waals surface area (Å²) in [4.78, 5) is 22.6. The van der Waals surface area contributed by atoms with Crippen LogP contribution in [0.5, 0.6) is 0 Å². The number of nitrogens with one attached hydrogen (secondary N) is 1. The minimum atomic E-state index is 0.136. The molecule has 1 aromatic carbocycles.